The summed E-state index contributed by atoms with van der Waals surface area (Å²) in [6.45, 7) is 0. The number of carbonyl (C=O) groups is 1. The number of nitro groups is 1. The number of para-hydroxylation sites is 1. The first-order chi connectivity index (χ1) is 10.4. The predicted octanol–water partition coefficient (Wildman–Crippen LogP) is 2.61. The predicted molar refractivity (Wildman–Crippen MR) is 77.9 cm³/mol. The second-order valence-corrected chi connectivity index (χ2v) is 4.38. The van der Waals surface area contributed by atoms with Crippen LogP contribution in [0.5, 0.6) is 17.2 Å². The smallest absolute Gasteiger partial charge is 0.315 e. The topological polar surface area (TPSA) is 121 Å². The summed E-state index contributed by atoms with van der Waals surface area (Å²) in [5.74, 6) is -2.19. The Morgan fingerprint density at radius 2 is 1.77 bits per heavy atom. The summed E-state index contributed by atoms with van der Waals surface area (Å²) in [4.78, 5) is 21.8. The van der Waals surface area contributed by atoms with Crippen molar-refractivity contribution in [2.45, 2.75) is 0 Å². The van der Waals surface area contributed by atoms with Gasteiger partial charge in [-0.25, -0.2) is 0 Å². The highest BCUT2D eigenvalue weighted by Gasteiger charge is 2.18. The fourth-order valence-corrected chi connectivity index (χ4v) is 1.80. The minimum Gasteiger partial charge on any atom is -0.507 e. The van der Waals surface area contributed by atoms with Gasteiger partial charge in [0, 0.05) is 6.07 Å². The molecule has 2 rings (SSSR count). The van der Waals surface area contributed by atoms with Crippen LogP contribution in [0.1, 0.15) is 15.9 Å². The quantitative estimate of drug-likeness (QED) is 0.262. The molecule has 0 radical (unpaired) electrons. The molecule has 0 spiro atoms. The molecule has 0 saturated heterocycles. The summed E-state index contributed by atoms with van der Waals surface area (Å²) in [6, 6.07) is 8.03. The number of carbonyl (C=O) groups excluding carboxylic acids is 1. The number of hydrogen-bond donors (Lipinski definition) is 3. The largest absolute Gasteiger partial charge is 0.507 e. The molecule has 3 N–H and O–H groups in total. The highest BCUT2D eigenvalue weighted by molar-refractivity contribution is 6.08. The van der Waals surface area contributed by atoms with Crippen molar-refractivity contribution in [1.82, 2.24) is 0 Å². The number of phenolic OH excluding ortho intramolecular Hbond substituents is 3. The van der Waals surface area contributed by atoms with Crippen molar-refractivity contribution in [2.24, 2.45) is 0 Å². The Hall–Kier alpha value is -3.35. The van der Waals surface area contributed by atoms with Crippen LogP contribution in [0.2, 0.25) is 0 Å². The summed E-state index contributed by atoms with van der Waals surface area (Å²) in [6.07, 6.45) is 2.34. The number of phenols is 3. The van der Waals surface area contributed by atoms with Gasteiger partial charge in [0.1, 0.15) is 5.75 Å². The molecule has 0 aliphatic rings. The SMILES string of the molecule is O=C(C=Cc1cc(O)c(O)c([N+](=O)[O-])c1)c1ccccc1O. The molecule has 112 valence electrons. The number of benzene rings is 2. The molecular weight excluding hydrogens is 290 g/mol. The normalized spacial score (nSPS) is 10.7. The maximum Gasteiger partial charge on any atom is 0.315 e. The van der Waals surface area contributed by atoms with E-state index in [1.54, 1.807) is 12.1 Å². The van der Waals surface area contributed by atoms with Crippen LogP contribution in [0.3, 0.4) is 0 Å². The van der Waals surface area contributed by atoms with Gasteiger partial charge in [-0.2, -0.15) is 0 Å². The van der Waals surface area contributed by atoms with Crippen LogP contribution >= 0.6 is 0 Å². The van der Waals surface area contributed by atoms with Crippen LogP contribution in [0.25, 0.3) is 6.08 Å². The lowest BCUT2D eigenvalue weighted by Gasteiger charge is -2.02. The Balaban J connectivity index is 2.33. The van der Waals surface area contributed by atoms with Crippen LogP contribution in [-0.2, 0) is 0 Å². The van der Waals surface area contributed by atoms with E-state index >= 15 is 0 Å². The molecule has 0 atom stereocenters. The van der Waals surface area contributed by atoms with Crippen LogP contribution in [0.4, 0.5) is 5.69 Å². The number of aromatic hydroxyl groups is 3. The van der Waals surface area contributed by atoms with Crippen molar-refractivity contribution in [3.63, 3.8) is 0 Å². The molecule has 0 heterocycles. The molecule has 2 aromatic rings. The van der Waals surface area contributed by atoms with Crippen molar-refractivity contribution in [1.29, 1.82) is 0 Å². The van der Waals surface area contributed by atoms with Crippen LogP contribution in [0, 0.1) is 10.1 Å². The van der Waals surface area contributed by atoms with Crippen LogP contribution in [-0.4, -0.2) is 26.0 Å². The van der Waals surface area contributed by atoms with E-state index in [1.165, 1.54) is 18.2 Å². The van der Waals surface area contributed by atoms with Crippen molar-refractivity contribution < 1.29 is 25.0 Å². The molecule has 7 nitrogen and oxygen atoms in total. The molecule has 0 unspecified atom stereocenters. The molecule has 0 aliphatic carbocycles. The van der Waals surface area contributed by atoms with E-state index in [9.17, 15) is 30.2 Å². The standard InChI is InChI=1S/C15H11NO6/c17-12-4-2-1-3-10(12)13(18)6-5-9-7-11(16(21)22)15(20)14(19)8-9/h1-8,17,19-20H. The summed E-state index contributed by atoms with van der Waals surface area (Å²) in [7, 11) is 0. The zero-order valence-electron chi connectivity index (χ0n) is 11.1. The second-order valence-electron chi connectivity index (χ2n) is 4.38. The van der Waals surface area contributed by atoms with Gasteiger partial charge in [-0.05, 0) is 29.8 Å². The van der Waals surface area contributed by atoms with Gasteiger partial charge in [-0.3, -0.25) is 14.9 Å². The first kappa shape index (κ1) is 15.0. The molecule has 0 aromatic heterocycles. The van der Waals surface area contributed by atoms with Gasteiger partial charge in [0.05, 0.1) is 10.5 Å². The maximum atomic E-state index is 11.9. The van der Waals surface area contributed by atoms with Gasteiger partial charge >= 0.3 is 5.69 Å². The number of nitrogens with zero attached hydrogens (tertiary/aromatic N) is 1. The maximum absolute atomic E-state index is 11.9. The van der Waals surface area contributed by atoms with E-state index in [0.717, 1.165) is 18.2 Å². The van der Waals surface area contributed by atoms with Gasteiger partial charge in [0.15, 0.2) is 11.5 Å². The minimum absolute atomic E-state index is 0.0799. The monoisotopic (exact) mass is 301 g/mol. The van der Waals surface area contributed by atoms with Gasteiger partial charge < -0.3 is 15.3 Å². The molecule has 0 aliphatic heterocycles. The molecule has 22 heavy (non-hydrogen) atoms. The van der Waals surface area contributed by atoms with Crippen molar-refractivity contribution in [2.75, 3.05) is 0 Å². The third-order valence-corrected chi connectivity index (χ3v) is 2.89. The lowest BCUT2D eigenvalue weighted by molar-refractivity contribution is -0.386. The van der Waals surface area contributed by atoms with Crippen molar-refractivity contribution >= 4 is 17.5 Å². The minimum atomic E-state index is -0.850. The Labute approximate surface area is 124 Å². The molecule has 2 aromatic carbocycles. The average Bonchev–Trinajstić information content (AvgIpc) is 2.48. The molecule has 0 fully saturated rings. The number of allylic oxidation sites excluding steroid dienone is 1. The van der Waals surface area contributed by atoms with E-state index in [0.29, 0.717) is 0 Å². The average molecular weight is 301 g/mol. The van der Waals surface area contributed by atoms with E-state index in [4.69, 9.17) is 0 Å². The van der Waals surface area contributed by atoms with Crippen LogP contribution < -0.4 is 0 Å². The first-order valence-corrected chi connectivity index (χ1v) is 6.11. The Morgan fingerprint density at radius 3 is 2.41 bits per heavy atom. The van der Waals surface area contributed by atoms with Gasteiger partial charge in [0.25, 0.3) is 0 Å². The fraction of sp³-hybridized carbons (Fsp3) is 0. The number of rotatable bonds is 4. The van der Waals surface area contributed by atoms with E-state index in [2.05, 4.69) is 0 Å². The van der Waals surface area contributed by atoms with Gasteiger partial charge in [0.2, 0.25) is 5.75 Å². The zero-order valence-corrected chi connectivity index (χ0v) is 11.1. The summed E-state index contributed by atoms with van der Waals surface area (Å²) in [5, 5.41) is 39.1. The molecular formula is C15H11NO6. The number of hydrogen-bond acceptors (Lipinski definition) is 6. The highest BCUT2D eigenvalue weighted by Crippen LogP contribution is 2.36. The summed E-state index contributed by atoms with van der Waals surface area (Å²) in [5.41, 5.74) is -0.434. The van der Waals surface area contributed by atoms with Gasteiger partial charge in [-0.15, -0.1) is 0 Å². The first-order valence-electron chi connectivity index (χ1n) is 6.11. The molecule has 0 amide bonds. The molecule has 7 heteroatoms. The Kier molecular flexibility index (Phi) is 4.08. The summed E-state index contributed by atoms with van der Waals surface area (Å²) < 4.78 is 0. The second kappa shape index (κ2) is 5.96. The molecule has 0 saturated carbocycles. The summed E-state index contributed by atoms with van der Waals surface area (Å²) >= 11 is 0. The van der Waals surface area contributed by atoms with E-state index < -0.39 is 27.9 Å². The van der Waals surface area contributed by atoms with Crippen molar-refractivity contribution in [3.8, 4) is 17.2 Å². The lowest BCUT2D eigenvalue weighted by atomic mass is 10.1. The molecule has 0 bridgehead atoms. The number of nitro benzene ring substituents is 1. The van der Waals surface area contributed by atoms with E-state index in [1.807, 2.05) is 0 Å². The van der Waals surface area contributed by atoms with Crippen molar-refractivity contribution in [3.05, 3.63) is 63.7 Å². The zero-order chi connectivity index (χ0) is 16.3. The highest BCUT2D eigenvalue weighted by atomic mass is 16.6. The van der Waals surface area contributed by atoms with E-state index in [-0.39, 0.29) is 16.9 Å². The van der Waals surface area contributed by atoms with Crippen LogP contribution in [0.15, 0.2) is 42.5 Å². The third kappa shape index (κ3) is 3.04. The third-order valence-electron chi connectivity index (χ3n) is 2.89. The number of ketones is 1. The Bertz CT molecular complexity index is 782. The lowest BCUT2D eigenvalue weighted by Crippen LogP contribution is -1.94. The Morgan fingerprint density at radius 1 is 1.09 bits per heavy atom. The van der Waals surface area contributed by atoms with Gasteiger partial charge in [-0.1, -0.05) is 18.2 Å². The fourth-order valence-electron chi connectivity index (χ4n) is 1.80.